The van der Waals surface area contributed by atoms with Gasteiger partial charge in [-0.05, 0) is 41.6 Å². The van der Waals surface area contributed by atoms with Crippen molar-refractivity contribution in [2.75, 3.05) is 46.3 Å². The van der Waals surface area contributed by atoms with Crippen molar-refractivity contribution >= 4 is 29.0 Å². The molecule has 198 valence electrons. The number of methoxy groups -OCH3 is 3. The lowest BCUT2D eigenvalue weighted by molar-refractivity contribution is -0.133. The Hall–Kier alpha value is -3.63. The van der Waals surface area contributed by atoms with E-state index in [9.17, 15) is 14.0 Å². The zero-order valence-corrected chi connectivity index (χ0v) is 22.3. The van der Waals surface area contributed by atoms with Crippen LogP contribution in [0.15, 0.2) is 53.9 Å². The van der Waals surface area contributed by atoms with E-state index in [-0.39, 0.29) is 38.0 Å². The van der Waals surface area contributed by atoms with Crippen LogP contribution < -0.4 is 14.8 Å². The summed E-state index contributed by atoms with van der Waals surface area (Å²) in [5, 5.41) is 4.79. The molecule has 3 aromatic rings. The van der Waals surface area contributed by atoms with Crippen molar-refractivity contribution in [2.45, 2.75) is 20.0 Å². The fourth-order valence-electron chi connectivity index (χ4n) is 3.58. The zero-order chi connectivity index (χ0) is 26.8. The number of aryl methyl sites for hydroxylation is 1. The van der Waals surface area contributed by atoms with Gasteiger partial charge in [0.25, 0.3) is 0 Å². The molecular formula is C27H32FN3O5S. The summed E-state index contributed by atoms with van der Waals surface area (Å²) in [4.78, 5) is 30.9. The van der Waals surface area contributed by atoms with Gasteiger partial charge < -0.3 is 29.3 Å². The minimum Gasteiger partial charge on any atom is -0.497 e. The van der Waals surface area contributed by atoms with Crippen LogP contribution in [-0.4, -0.2) is 62.8 Å². The quantitative estimate of drug-likeness (QED) is 0.360. The Morgan fingerprint density at radius 1 is 0.946 bits per heavy atom. The minimum absolute atomic E-state index is 0.165. The molecule has 0 spiro atoms. The van der Waals surface area contributed by atoms with Crippen LogP contribution >= 0.6 is 11.3 Å². The third-order valence-corrected chi connectivity index (χ3v) is 6.73. The van der Waals surface area contributed by atoms with Gasteiger partial charge in [0.2, 0.25) is 5.91 Å². The number of thiophene rings is 1. The number of urea groups is 1. The molecule has 37 heavy (non-hydrogen) atoms. The summed E-state index contributed by atoms with van der Waals surface area (Å²) in [6.45, 7) is 2.95. The molecule has 0 fully saturated rings. The first-order valence-corrected chi connectivity index (χ1v) is 12.5. The van der Waals surface area contributed by atoms with Crippen LogP contribution in [-0.2, 0) is 22.6 Å². The highest BCUT2D eigenvalue weighted by atomic mass is 32.1. The number of carbonyl (C=O) groups is 2. The first kappa shape index (κ1) is 27.9. The molecule has 3 amide bonds. The zero-order valence-electron chi connectivity index (χ0n) is 21.5. The van der Waals surface area contributed by atoms with Crippen LogP contribution in [0.1, 0.15) is 16.0 Å². The Kier molecular flexibility index (Phi) is 10.3. The van der Waals surface area contributed by atoms with Crippen LogP contribution in [0, 0.1) is 12.7 Å². The number of ether oxygens (including phenoxy) is 3. The highest BCUT2D eigenvalue weighted by Gasteiger charge is 2.23. The lowest BCUT2D eigenvalue weighted by atomic mass is 10.2. The summed E-state index contributed by atoms with van der Waals surface area (Å²) in [6, 6.07) is 12.6. The molecule has 1 aromatic heterocycles. The molecular weight excluding hydrogens is 497 g/mol. The number of anilines is 1. The average molecular weight is 530 g/mol. The molecule has 0 saturated carbocycles. The normalized spacial score (nSPS) is 10.6. The molecule has 1 N–H and O–H groups in total. The van der Waals surface area contributed by atoms with Crippen molar-refractivity contribution in [3.63, 3.8) is 0 Å². The van der Waals surface area contributed by atoms with Crippen molar-refractivity contribution in [2.24, 2.45) is 0 Å². The van der Waals surface area contributed by atoms with Gasteiger partial charge in [-0.2, -0.15) is 0 Å². The predicted octanol–water partition coefficient (Wildman–Crippen LogP) is 4.92. The van der Waals surface area contributed by atoms with Crippen molar-refractivity contribution in [3.8, 4) is 11.5 Å². The molecule has 1 heterocycles. The summed E-state index contributed by atoms with van der Waals surface area (Å²) >= 11 is 1.57. The second-order valence-corrected chi connectivity index (χ2v) is 9.35. The fourth-order valence-corrected chi connectivity index (χ4v) is 4.50. The van der Waals surface area contributed by atoms with Gasteiger partial charge in [-0.1, -0.05) is 12.1 Å². The Balaban J connectivity index is 1.79. The fraction of sp³-hybridized carbons (Fsp3) is 0.333. The lowest BCUT2D eigenvalue weighted by Gasteiger charge is -2.28. The number of halogens is 1. The molecule has 0 saturated heterocycles. The Bertz CT molecular complexity index is 1160. The lowest BCUT2D eigenvalue weighted by Crippen LogP contribution is -2.45. The SMILES string of the molecule is COCCN(CC(=O)N(Cc1ccc(F)cc1)Cc1sccc1C)C(=O)Nc1cc(OC)cc(OC)c1. The van der Waals surface area contributed by atoms with Crippen LogP contribution in [0.2, 0.25) is 0 Å². The molecule has 0 unspecified atom stereocenters. The maximum Gasteiger partial charge on any atom is 0.322 e. The standard InChI is InChI=1S/C27H32FN3O5S/c1-19-9-12-37-25(19)17-31(16-20-5-7-21(28)8-6-20)26(32)18-30(10-11-34-2)27(33)29-22-13-23(35-3)15-24(14-22)36-4/h5-9,12-15H,10-11,16-18H2,1-4H3,(H,29,33). The maximum absolute atomic E-state index is 13.5. The minimum atomic E-state index is -0.463. The first-order valence-electron chi connectivity index (χ1n) is 11.7. The molecule has 0 aliphatic rings. The van der Waals surface area contributed by atoms with E-state index in [1.165, 1.54) is 38.4 Å². The molecule has 0 aliphatic carbocycles. The van der Waals surface area contributed by atoms with E-state index in [1.807, 2.05) is 18.4 Å². The van der Waals surface area contributed by atoms with Gasteiger partial charge in [0, 0.05) is 49.0 Å². The summed E-state index contributed by atoms with van der Waals surface area (Å²) in [5.74, 6) is 0.454. The van der Waals surface area contributed by atoms with E-state index in [4.69, 9.17) is 14.2 Å². The van der Waals surface area contributed by atoms with Gasteiger partial charge in [0.1, 0.15) is 23.9 Å². The van der Waals surface area contributed by atoms with Crippen LogP contribution in [0.4, 0.5) is 14.9 Å². The average Bonchev–Trinajstić information content (AvgIpc) is 3.30. The number of nitrogens with one attached hydrogen (secondary N) is 1. The largest absolute Gasteiger partial charge is 0.497 e. The molecule has 0 radical (unpaired) electrons. The van der Waals surface area contributed by atoms with Crippen molar-refractivity contribution in [1.82, 2.24) is 9.80 Å². The third kappa shape index (κ3) is 8.19. The predicted molar refractivity (Wildman–Crippen MR) is 142 cm³/mol. The van der Waals surface area contributed by atoms with E-state index in [2.05, 4.69) is 5.32 Å². The van der Waals surface area contributed by atoms with E-state index < -0.39 is 6.03 Å². The number of rotatable bonds is 12. The van der Waals surface area contributed by atoms with E-state index in [0.29, 0.717) is 23.7 Å². The van der Waals surface area contributed by atoms with Crippen LogP contribution in [0.3, 0.4) is 0 Å². The summed E-state index contributed by atoms with van der Waals surface area (Å²) < 4.78 is 29.2. The van der Waals surface area contributed by atoms with Crippen molar-refractivity contribution in [3.05, 3.63) is 75.7 Å². The molecule has 2 aromatic carbocycles. The van der Waals surface area contributed by atoms with E-state index in [1.54, 1.807) is 46.6 Å². The number of benzene rings is 2. The van der Waals surface area contributed by atoms with Crippen LogP contribution in [0.25, 0.3) is 0 Å². The van der Waals surface area contributed by atoms with E-state index >= 15 is 0 Å². The second-order valence-electron chi connectivity index (χ2n) is 8.35. The highest BCUT2D eigenvalue weighted by Crippen LogP contribution is 2.26. The number of amides is 3. The third-order valence-electron chi connectivity index (χ3n) is 5.72. The topological polar surface area (TPSA) is 80.3 Å². The van der Waals surface area contributed by atoms with Gasteiger partial charge in [-0.3, -0.25) is 4.79 Å². The number of hydrogen-bond donors (Lipinski definition) is 1. The molecule has 3 rings (SSSR count). The van der Waals surface area contributed by atoms with Gasteiger partial charge in [0.15, 0.2) is 0 Å². The molecule has 0 aliphatic heterocycles. The molecule has 8 nitrogen and oxygen atoms in total. The Morgan fingerprint density at radius 2 is 1.62 bits per heavy atom. The maximum atomic E-state index is 13.5. The highest BCUT2D eigenvalue weighted by molar-refractivity contribution is 7.10. The first-order chi connectivity index (χ1) is 17.8. The van der Waals surface area contributed by atoms with E-state index in [0.717, 1.165) is 16.0 Å². The summed E-state index contributed by atoms with van der Waals surface area (Å²) in [7, 11) is 4.58. The Morgan fingerprint density at radius 3 is 2.19 bits per heavy atom. The number of carbonyl (C=O) groups excluding carboxylic acids is 2. The van der Waals surface area contributed by atoms with Gasteiger partial charge >= 0.3 is 6.03 Å². The monoisotopic (exact) mass is 529 g/mol. The molecule has 10 heteroatoms. The van der Waals surface area contributed by atoms with Gasteiger partial charge in [-0.25, -0.2) is 9.18 Å². The van der Waals surface area contributed by atoms with Crippen molar-refractivity contribution < 1.29 is 28.2 Å². The Labute approximate surface area is 220 Å². The van der Waals surface area contributed by atoms with Gasteiger partial charge in [0.05, 0.1) is 27.4 Å². The number of hydrogen-bond acceptors (Lipinski definition) is 6. The second kappa shape index (κ2) is 13.6. The summed E-state index contributed by atoms with van der Waals surface area (Å²) in [6.07, 6.45) is 0. The number of nitrogens with zero attached hydrogens (tertiary/aromatic N) is 2. The van der Waals surface area contributed by atoms with Crippen LogP contribution in [0.5, 0.6) is 11.5 Å². The molecule has 0 bridgehead atoms. The van der Waals surface area contributed by atoms with Gasteiger partial charge in [-0.15, -0.1) is 11.3 Å². The summed E-state index contributed by atoms with van der Waals surface area (Å²) in [5.41, 5.74) is 2.34. The smallest absolute Gasteiger partial charge is 0.322 e. The van der Waals surface area contributed by atoms with Crippen molar-refractivity contribution in [1.29, 1.82) is 0 Å². The molecule has 0 atom stereocenters.